The van der Waals surface area contributed by atoms with Gasteiger partial charge in [0.15, 0.2) is 0 Å². The third-order valence-corrected chi connectivity index (χ3v) is 2.86. The van der Waals surface area contributed by atoms with Crippen LogP contribution in [0.1, 0.15) is 5.56 Å². The van der Waals surface area contributed by atoms with Gasteiger partial charge in [0.25, 0.3) is 0 Å². The molecule has 0 saturated carbocycles. The van der Waals surface area contributed by atoms with Gasteiger partial charge in [0.05, 0.1) is 10.7 Å². The van der Waals surface area contributed by atoms with E-state index in [0.717, 1.165) is 11.1 Å². The molecule has 0 aromatic heterocycles. The molecule has 88 valence electrons. The van der Waals surface area contributed by atoms with Gasteiger partial charge in [-0.15, -0.1) is 0 Å². The van der Waals surface area contributed by atoms with Gasteiger partial charge >= 0.3 is 0 Å². The van der Waals surface area contributed by atoms with Crippen molar-refractivity contribution in [3.05, 3.63) is 52.6 Å². The third-order valence-electron chi connectivity index (χ3n) is 2.57. The number of rotatable bonds is 1. The molecule has 0 amide bonds. The lowest BCUT2D eigenvalue weighted by atomic mass is 9.99. The highest BCUT2D eigenvalue weighted by molar-refractivity contribution is 6.31. The maximum absolute atomic E-state index is 13.2. The quantitative estimate of drug-likeness (QED) is 0.758. The fourth-order valence-corrected chi connectivity index (χ4v) is 1.84. The zero-order chi connectivity index (χ0) is 12.6. The predicted molar refractivity (Wildman–Crippen MR) is 66.0 cm³/mol. The number of benzene rings is 2. The van der Waals surface area contributed by atoms with Crippen LogP contribution >= 0.6 is 11.6 Å². The molecule has 0 heterocycles. The van der Waals surface area contributed by atoms with Crippen molar-refractivity contribution < 1.29 is 8.78 Å². The fourth-order valence-electron chi connectivity index (χ4n) is 1.66. The average molecular weight is 254 g/mol. The van der Waals surface area contributed by atoms with E-state index in [9.17, 15) is 8.78 Å². The number of nitrogen functional groups attached to an aromatic ring is 1. The summed E-state index contributed by atoms with van der Waals surface area (Å²) < 4.78 is 26.2. The average Bonchev–Trinajstić information content (AvgIpc) is 2.27. The minimum Gasteiger partial charge on any atom is -0.396 e. The van der Waals surface area contributed by atoms with E-state index in [0.29, 0.717) is 5.56 Å². The largest absolute Gasteiger partial charge is 0.396 e. The minimum absolute atomic E-state index is 0.0322. The summed E-state index contributed by atoms with van der Waals surface area (Å²) in [5.74, 6) is -0.942. The number of hydrogen-bond donors (Lipinski definition) is 1. The van der Waals surface area contributed by atoms with Gasteiger partial charge in [0, 0.05) is 0 Å². The van der Waals surface area contributed by atoms with Gasteiger partial charge in [-0.2, -0.15) is 0 Å². The molecule has 0 aliphatic rings. The van der Waals surface area contributed by atoms with Gasteiger partial charge in [-0.25, -0.2) is 8.78 Å². The zero-order valence-corrected chi connectivity index (χ0v) is 9.85. The van der Waals surface area contributed by atoms with Crippen molar-refractivity contribution in [2.75, 3.05) is 5.73 Å². The standard InChI is InChI=1S/C13H10ClF2N/c1-7-4-12(16)13(17)6-9(7)8-2-3-11(15)10(14)5-8/h2-6H,17H2,1H3. The van der Waals surface area contributed by atoms with E-state index in [4.69, 9.17) is 17.3 Å². The van der Waals surface area contributed by atoms with Crippen LogP contribution in [0.2, 0.25) is 5.02 Å². The Hall–Kier alpha value is -1.61. The first-order valence-corrected chi connectivity index (χ1v) is 5.38. The SMILES string of the molecule is Cc1cc(F)c(N)cc1-c1ccc(F)c(Cl)c1. The molecule has 2 aromatic rings. The molecular weight excluding hydrogens is 244 g/mol. The van der Waals surface area contributed by atoms with Crippen molar-refractivity contribution in [3.8, 4) is 11.1 Å². The summed E-state index contributed by atoms with van der Waals surface area (Å²) in [6.45, 7) is 1.76. The Kier molecular flexibility index (Phi) is 3.03. The Bertz CT molecular complexity index is 582. The van der Waals surface area contributed by atoms with E-state index < -0.39 is 11.6 Å². The van der Waals surface area contributed by atoms with Crippen molar-refractivity contribution >= 4 is 17.3 Å². The number of anilines is 1. The van der Waals surface area contributed by atoms with Crippen LogP contribution in [0.3, 0.4) is 0 Å². The van der Waals surface area contributed by atoms with Crippen LogP contribution in [-0.2, 0) is 0 Å². The summed E-state index contributed by atoms with van der Waals surface area (Å²) >= 11 is 5.71. The first-order valence-electron chi connectivity index (χ1n) is 5.00. The molecule has 2 aromatic carbocycles. The second-order valence-corrected chi connectivity index (χ2v) is 4.22. The van der Waals surface area contributed by atoms with E-state index in [1.54, 1.807) is 13.0 Å². The Balaban J connectivity index is 2.60. The van der Waals surface area contributed by atoms with Crippen molar-refractivity contribution in [1.29, 1.82) is 0 Å². The van der Waals surface area contributed by atoms with E-state index in [2.05, 4.69) is 0 Å². The molecule has 0 spiro atoms. The van der Waals surface area contributed by atoms with Crippen LogP contribution in [0, 0.1) is 18.6 Å². The molecule has 1 nitrogen and oxygen atoms in total. The molecule has 2 rings (SSSR count). The lowest BCUT2D eigenvalue weighted by Gasteiger charge is -2.09. The summed E-state index contributed by atoms with van der Waals surface area (Å²) in [5.41, 5.74) is 7.75. The molecule has 4 heteroatoms. The molecule has 0 fully saturated rings. The van der Waals surface area contributed by atoms with E-state index in [1.165, 1.54) is 24.3 Å². The summed E-state index contributed by atoms with van der Waals surface area (Å²) in [7, 11) is 0. The van der Waals surface area contributed by atoms with Gasteiger partial charge in [0.1, 0.15) is 11.6 Å². The van der Waals surface area contributed by atoms with Crippen LogP contribution in [0.4, 0.5) is 14.5 Å². The smallest absolute Gasteiger partial charge is 0.146 e. The second kappa shape index (κ2) is 4.34. The molecule has 17 heavy (non-hydrogen) atoms. The maximum Gasteiger partial charge on any atom is 0.146 e. The van der Waals surface area contributed by atoms with Gasteiger partial charge in [-0.3, -0.25) is 0 Å². The normalized spacial score (nSPS) is 10.6. The zero-order valence-electron chi connectivity index (χ0n) is 9.10. The van der Waals surface area contributed by atoms with Crippen molar-refractivity contribution in [1.82, 2.24) is 0 Å². The summed E-state index contributed by atoms with van der Waals surface area (Å²) in [6.07, 6.45) is 0. The molecule has 0 saturated heterocycles. The minimum atomic E-state index is -0.483. The first-order chi connectivity index (χ1) is 7.99. The fraction of sp³-hybridized carbons (Fsp3) is 0.0769. The highest BCUT2D eigenvalue weighted by Crippen LogP contribution is 2.30. The van der Waals surface area contributed by atoms with Crippen molar-refractivity contribution in [2.24, 2.45) is 0 Å². The first kappa shape index (κ1) is 11.9. The van der Waals surface area contributed by atoms with Crippen molar-refractivity contribution in [3.63, 3.8) is 0 Å². The number of halogens is 3. The molecule has 0 aliphatic carbocycles. The molecule has 2 N–H and O–H groups in total. The molecule has 0 unspecified atom stereocenters. The van der Waals surface area contributed by atoms with E-state index >= 15 is 0 Å². The Morgan fingerprint density at radius 1 is 1.06 bits per heavy atom. The number of nitrogens with two attached hydrogens (primary N) is 1. The topological polar surface area (TPSA) is 26.0 Å². The molecular formula is C13H10ClF2N. The summed E-state index contributed by atoms with van der Waals surface area (Å²) in [4.78, 5) is 0. The lowest BCUT2D eigenvalue weighted by Crippen LogP contribution is -1.94. The Morgan fingerprint density at radius 3 is 2.41 bits per heavy atom. The second-order valence-electron chi connectivity index (χ2n) is 3.82. The van der Waals surface area contributed by atoms with E-state index in [-0.39, 0.29) is 10.7 Å². The summed E-state index contributed by atoms with van der Waals surface area (Å²) in [6, 6.07) is 7.23. The van der Waals surface area contributed by atoms with Crippen LogP contribution in [0.15, 0.2) is 30.3 Å². The van der Waals surface area contributed by atoms with Crippen LogP contribution in [0.5, 0.6) is 0 Å². The Labute approximate surface area is 103 Å². The highest BCUT2D eigenvalue weighted by Gasteiger charge is 2.08. The predicted octanol–water partition coefficient (Wildman–Crippen LogP) is 4.18. The van der Waals surface area contributed by atoms with Crippen molar-refractivity contribution in [2.45, 2.75) is 6.92 Å². The molecule has 0 aliphatic heterocycles. The summed E-state index contributed by atoms with van der Waals surface area (Å²) in [5, 5.41) is 0.0322. The van der Waals surface area contributed by atoms with Gasteiger partial charge in [0.2, 0.25) is 0 Å². The molecule has 0 atom stereocenters. The Morgan fingerprint density at radius 2 is 1.76 bits per heavy atom. The molecule has 0 radical (unpaired) electrons. The lowest BCUT2D eigenvalue weighted by molar-refractivity contribution is 0.628. The van der Waals surface area contributed by atoms with Gasteiger partial charge < -0.3 is 5.73 Å². The van der Waals surface area contributed by atoms with E-state index in [1.807, 2.05) is 0 Å². The number of aryl methyl sites for hydroxylation is 1. The van der Waals surface area contributed by atoms with Gasteiger partial charge in [-0.1, -0.05) is 17.7 Å². The van der Waals surface area contributed by atoms with Crippen LogP contribution < -0.4 is 5.73 Å². The third kappa shape index (κ3) is 2.24. The van der Waals surface area contributed by atoms with Crippen LogP contribution in [0.25, 0.3) is 11.1 Å². The maximum atomic E-state index is 13.2. The highest BCUT2D eigenvalue weighted by atomic mass is 35.5. The van der Waals surface area contributed by atoms with Gasteiger partial charge in [-0.05, 0) is 47.9 Å². The molecule has 0 bridgehead atoms. The monoisotopic (exact) mass is 253 g/mol. The van der Waals surface area contributed by atoms with Crippen LogP contribution in [-0.4, -0.2) is 0 Å². The number of hydrogen-bond acceptors (Lipinski definition) is 1.